The lowest BCUT2D eigenvalue weighted by atomic mass is 10.2. The summed E-state index contributed by atoms with van der Waals surface area (Å²) < 4.78 is 0. The van der Waals surface area contributed by atoms with E-state index in [1.165, 1.54) is 43.5 Å². The van der Waals surface area contributed by atoms with Crippen LogP contribution in [0, 0.1) is 20.8 Å². The summed E-state index contributed by atoms with van der Waals surface area (Å²) >= 11 is 0. The van der Waals surface area contributed by atoms with Crippen molar-refractivity contribution < 1.29 is 0 Å². The maximum atomic E-state index is 2.44. The topological polar surface area (TPSA) is 0 Å². The Hall–Kier alpha value is -2.69. The van der Waals surface area contributed by atoms with Gasteiger partial charge in [-0.3, -0.25) is 0 Å². The van der Waals surface area contributed by atoms with E-state index in [-0.39, 0.29) is 0 Å². The largest absolute Gasteiger partial charge is 0.144 e. The second-order valence-corrected chi connectivity index (χ2v) is 11.6. The van der Waals surface area contributed by atoms with Crippen LogP contribution >= 0.6 is 7.26 Å². The molecule has 0 N–H and O–H groups in total. The van der Waals surface area contributed by atoms with Gasteiger partial charge in [0.2, 0.25) is 0 Å². The summed E-state index contributed by atoms with van der Waals surface area (Å²) in [5, 5.41) is 5.66. The van der Waals surface area contributed by atoms with Gasteiger partial charge in [-0.05, 0) is 81.3 Å². The zero-order chi connectivity index (χ0) is 21.1. The molecule has 30 heavy (non-hydrogen) atoms. The fraction of sp³-hybridized carbons (Fsp3) is 0.172. The first-order valence-corrected chi connectivity index (χ1v) is 12.5. The molecular formula is C29H30P+. The minimum Gasteiger partial charge on any atom is -0.0613 e. The predicted molar refractivity (Wildman–Crippen MR) is 135 cm³/mol. The predicted octanol–water partition coefficient (Wildman–Crippen LogP) is 5.79. The molecule has 0 aliphatic rings. The lowest BCUT2D eigenvalue weighted by Gasteiger charge is -2.28. The molecule has 4 aromatic rings. The van der Waals surface area contributed by atoms with Crippen molar-refractivity contribution in [3.05, 3.63) is 119 Å². The number of hydrogen-bond acceptors (Lipinski definition) is 0. The van der Waals surface area contributed by atoms with Gasteiger partial charge in [-0.25, -0.2) is 0 Å². The van der Waals surface area contributed by atoms with Crippen LogP contribution < -0.4 is 21.2 Å². The van der Waals surface area contributed by atoms with Crippen LogP contribution in [-0.4, -0.2) is 0 Å². The Kier molecular flexibility index (Phi) is 5.89. The maximum absolute atomic E-state index is 2.44. The summed E-state index contributed by atoms with van der Waals surface area (Å²) in [6, 6.07) is 36.9. The highest BCUT2D eigenvalue weighted by molar-refractivity contribution is 8.01. The molecule has 0 aromatic heterocycles. The van der Waals surface area contributed by atoms with Crippen LogP contribution in [-0.2, 0) is 6.42 Å². The van der Waals surface area contributed by atoms with Crippen LogP contribution in [0.25, 0.3) is 0 Å². The summed E-state index contributed by atoms with van der Waals surface area (Å²) in [6.07, 6.45) is 1.05. The van der Waals surface area contributed by atoms with Crippen molar-refractivity contribution in [2.75, 3.05) is 0 Å². The van der Waals surface area contributed by atoms with E-state index in [9.17, 15) is 0 Å². The molecule has 1 heteroatoms. The van der Waals surface area contributed by atoms with Gasteiger partial charge in [-0.1, -0.05) is 72.1 Å². The molecule has 0 bridgehead atoms. The SMILES string of the molecule is CCc1cccc([P+](c2ccc(C)cc2)(c2ccc(C)cc2)c2ccc(C)cc2)c1. The minimum absolute atomic E-state index is 1.05. The molecule has 0 saturated heterocycles. The Morgan fingerprint density at radius 1 is 0.500 bits per heavy atom. The minimum atomic E-state index is -2.01. The smallest absolute Gasteiger partial charge is 0.0613 e. The van der Waals surface area contributed by atoms with Gasteiger partial charge in [-0.15, -0.1) is 0 Å². The second kappa shape index (κ2) is 8.58. The number of benzene rings is 4. The lowest BCUT2D eigenvalue weighted by Crippen LogP contribution is -2.38. The zero-order valence-electron chi connectivity index (χ0n) is 18.4. The summed E-state index contributed by atoms with van der Waals surface area (Å²) in [6.45, 7) is 8.74. The molecule has 0 amide bonds. The molecule has 0 radical (unpaired) electrons. The average molecular weight is 410 g/mol. The van der Waals surface area contributed by atoms with Crippen LogP contribution in [0.4, 0.5) is 0 Å². The first-order valence-electron chi connectivity index (χ1n) is 10.7. The molecule has 0 spiro atoms. The zero-order valence-corrected chi connectivity index (χ0v) is 19.3. The van der Waals surface area contributed by atoms with Gasteiger partial charge in [0, 0.05) is 0 Å². The summed E-state index contributed by atoms with van der Waals surface area (Å²) in [7, 11) is -2.01. The summed E-state index contributed by atoms with van der Waals surface area (Å²) in [4.78, 5) is 0. The van der Waals surface area contributed by atoms with E-state index in [1.807, 2.05) is 0 Å². The quantitative estimate of drug-likeness (QED) is 0.366. The standard InChI is InChI=1S/C29H30P/c1-5-25-7-6-8-29(21-25)30(26-15-9-22(2)10-16-26,27-17-11-23(3)12-18-27)28-19-13-24(4)14-20-28/h6-21H,5H2,1-4H3/q+1. The molecule has 0 aliphatic heterocycles. The van der Waals surface area contributed by atoms with Gasteiger partial charge in [0.05, 0.1) is 0 Å². The molecule has 0 heterocycles. The van der Waals surface area contributed by atoms with E-state index in [2.05, 4.69) is 125 Å². The van der Waals surface area contributed by atoms with Crippen molar-refractivity contribution in [2.45, 2.75) is 34.1 Å². The van der Waals surface area contributed by atoms with E-state index in [0.29, 0.717) is 0 Å². The van der Waals surface area contributed by atoms with Crippen LogP contribution in [0.15, 0.2) is 97.1 Å². The van der Waals surface area contributed by atoms with Crippen molar-refractivity contribution in [1.29, 1.82) is 0 Å². The summed E-state index contributed by atoms with van der Waals surface area (Å²) in [5.41, 5.74) is 5.29. The molecule has 0 atom stereocenters. The number of aryl methyl sites for hydroxylation is 4. The highest BCUT2D eigenvalue weighted by Crippen LogP contribution is 2.54. The monoisotopic (exact) mass is 409 g/mol. The lowest BCUT2D eigenvalue weighted by molar-refractivity contribution is 1.14. The van der Waals surface area contributed by atoms with Crippen LogP contribution in [0.2, 0.25) is 0 Å². The van der Waals surface area contributed by atoms with Crippen molar-refractivity contribution >= 4 is 28.5 Å². The van der Waals surface area contributed by atoms with E-state index in [0.717, 1.165) is 6.42 Å². The van der Waals surface area contributed by atoms with Crippen LogP contribution in [0.3, 0.4) is 0 Å². The van der Waals surface area contributed by atoms with E-state index < -0.39 is 7.26 Å². The maximum Gasteiger partial charge on any atom is 0.144 e. The fourth-order valence-corrected chi connectivity index (χ4v) is 8.43. The normalized spacial score (nSPS) is 11.5. The second-order valence-electron chi connectivity index (χ2n) is 8.20. The number of rotatable bonds is 5. The third-order valence-corrected chi connectivity index (χ3v) is 10.2. The van der Waals surface area contributed by atoms with Crippen molar-refractivity contribution in [2.24, 2.45) is 0 Å². The molecule has 150 valence electrons. The number of hydrogen-bond donors (Lipinski definition) is 0. The Morgan fingerprint density at radius 2 is 0.900 bits per heavy atom. The molecule has 4 aromatic carbocycles. The van der Waals surface area contributed by atoms with Crippen molar-refractivity contribution in [3.8, 4) is 0 Å². The van der Waals surface area contributed by atoms with Gasteiger partial charge < -0.3 is 0 Å². The molecule has 0 nitrogen and oxygen atoms in total. The van der Waals surface area contributed by atoms with Gasteiger partial charge in [0.25, 0.3) is 0 Å². The van der Waals surface area contributed by atoms with E-state index in [1.54, 1.807) is 0 Å². The molecular weight excluding hydrogens is 379 g/mol. The Morgan fingerprint density at radius 3 is 1.27 bits per heavy atom. The fourth-order valence-electron chi connectivity index (χ4n) is 4.18. The van der Waals surface area contributed by atoms with Gasteiger partial charge in [0.15, 0.2) is 0 Å². The van der Waals surface area contributed by atoms with E-state index >= 15 is 0 Å². The molecule has 0 saturated carbocycles. The van der Waals surface area contributed by atoms with Crippen molar-refractivity contribution in [1.82, 2.24) is 0 Å². The van der Waals surface area contributed by atoms with Gasteiger partial charge in [-0.2, -0.15) is 0 Å². The summed E-state index contributed by atoms with van der Waals surface area (Å²) in [5.74, 6) is 0. The highest BCUT2D eigenvalue weighted by Gasteiger charge is 2.47. The van der Waals surface area contributed by atoms with Gasteiger partial charge >= 0.3 is 0 Å². The first kappa shape index (κ1) is 20.6. The highest BCUT2D eigenvalue weighted by atomic mass is 31.2. The molecule has 0 aliphatic carbocycles. The third-order valence-electron chi connectivity index (χ3n) is 5.97. The van der Waals surface area contributed by atoms with Gasteiger partial charge in [0.1, 0.15) is 28.5 Å². The van der Waals surface area contributed by atoms with Crippen LogP contribution in [0.5, 0.6) is 0 Å². The molecule has 0 unspecified atom stereocenters. The Labute approximate surface area is 182 Å². The third kappa shape index (κ3) is 3.73. The molecule has 0 fully saturated rings. The Balaban J connectivity index is 2.12. The molecule has 4 rings (SSSR count). The Bertz CT molecular complexity index is 1010. The van der Waals surface area contributed by atoms with Crippen molar-refractivity contribution in [3.63, 3.8) is 0 Å². The average Bonchev–Trinajstić information content (AvgIpc) is 2.78. The van der Waals surface area contributed by atoms with Crippen LogP contribution in [0.1, 0.15) is 29.2 Å². The first-order chi connectivity index (χ1) is 14.5. The van der Waals surface area contributed by atoms with E-state index in [4.69, 9.17) is 0 Å².